The molecule has 1 aliphatic carbocycles. The minimum Gasteiger partial charge on any atom is -0.462 e. The van der Waals surface area contributed by atoms with Crippen molar-refractivity contribution in [2.75, 3.05) is 13.2 Å². The van der Waals surface area contributed by atoms with Crippen LogP contribution in [-0.2, 0) is 50.9 Å². The Labute approximate surface area is 398 Å². The number of hydrogen-bond acceptors (Lipinski definition) is 14. The van der Waals surface area contributed by atoms with E-state index in [2.05, 4.69) is 47.2 Å². The van der Waals surface area contributed by atoms with Crippen molar-refractivity contribution in [3.8, 4) is 0 Å². The van der Waals surface area contributed by atoms with E-state index in [0.717, 1.165) is 44.9 Å². The van der Waals surface area contributed by atoms with Crippen molar-refractivity contribution in [3.63, 3.8) is 0 Å². The third-order valence-corrected chi connectivity index (χ3v) is 13.0. The van der Waals surface area contributed by atoms with Gasteiger partial charge in [-0.05, 0) is 44.9 Å². The molecule has 22 heteroatoms. The highest BCUT2D eigenvalue weighted by atomic mass is 31.2. The molecule has 1 fully saturated rings. The molecule has 8 atom stereocenters. The molecule has 0 bridgehead atoms. The Bertz CT molecular complexity index is 1550. The van der Waals surface area contributed by atoms with Crippen LogP contribution >= 0.6 is 23.5 Å². The van der Waals surface area contributed by atoms with Gasteiger partial charge in [-0.25, -0.2) is 13.7 Å². The minimum absolute atomic E-state index is 0.0720. The maximum Gasteiger partial charge on any atom is 0.472 e. The molecule has 0 aromatic rings. The quantitative estimate of drug-likeness (QED) is 0.0123. The lowest BCUT2D eigenvalue weighted by atomic mass is 9.85. The molecule has 0 aliphatic heterocycles. The predicted molar refractivity (Wildman–Crippen MR) is 252 cm³/mol. The lowest BCUT2D eigenvalue weighted by Crippen LogP contribution is -2.65. The Morgan fingerprint density at radius 3 is 1.37 bits per heavy atom. The summed E-state index contributed by atoms with van der Waals surface area (Å²) in [7, 11) is -16.6. The lowest BCUT2D eigenvalue weighted by Gasteiger charge is -2.44. The summed E-state index contributed by atoms with van der Waals surface area (Å²) in [4.78, 5) is 73.2. The van der Waals surface area contributed by atoms with E-state index in [9.17, 15) is 63.1 Å². The van der Waals surface area contributed by atoms with Crippen molar-refractivity contribution < 1.29 is 90.6 Å². The maximum atomic E-state index is 13.1. The molecule has 5 unspecified atom stereocenters. The van der Waals surface area contributed by atoms with Crippen LogP contribution in [0.3, 0.4) is 0 Å². The molecule has 0 heterocycles. The molecule has 0 saturated heterocycles. The standard InChI is InChI=1S/C45H83O19P3/c1-3-5-7-9-11-13-15-17-18-19-20-22-24-26-28-30-32-34-39(47)61-37(35-59-38(46)33-31-29-27-25-23-21-16-14-12-10-8-6-4-2)36-60-67(57,58)64-43-40(48)41(49)44(62-65(51,52)53)45(42(43)50)63-66(54,55)56/h17-18,20,22,26,28,37,40-45,48-50H,3-16,19,21,23-25,27,29-36H2,1-2H3,(H,57,58)(H2,51,52,53)(H2,54,55,56)/b18-17-,22-20-,28-26-/t37-,40?,41?,42?,43+,44?,45+/m1/s1. The summed E-state index contributed by atoms with van der Waals surface area (Å²) in [6, 6.07) is 0. The highest BCUT2D eigenvalue weighted by Crippen LogP contribution is 2.51. The second-order valence-corrected chi connectivity index (χ2v) is 20.8. The number of phosphoric ester groups is 3. The van der Waals surface area contributed by atoms with Gasteiger partial charge < -0.3 is 49.3 Å². The van der Waals surface area contributed by atoms with Crippen LogP contribution in [0.4, 0.5) is 0 Å². The SMILES string of the molecule is CCCCCCCC/C=C\C/C=C\C/C=C\CCCC(=O)O[C@H](COC(=O)CCCCCCCCCCCCCCC)COP(=O)(O)O[C@H]1C(O)C(O)C(OP(=O)(O)O)[C@@H](OP(=O)(O)O)C1O. The second kappa shape index (κ2) is 37.2. The van der Waals surface area contributed by atoms with E-state index in [4.69, 9.17) is 18.5 Å². The number of rotatable bonds is 41. The zero-order valence-corrected chi connectivity index (χ0v) is 42.4. The normalized spacial score (nSPS) is 21.9. The van der Waals surface area contributed by atoms with Crippen LogP contribution in [0.2, 0.25) is 0 Å². The molecule has 0 spiro atoms. The molecule has 8 N–H and O–H groups in total. The first-order chi connectivity index (χ1) is 31.8. The maximum absolute atomic E-state index is 13.1. The number of aliphatic hydroxyl groups excluding tert-OH is 3. The number of allylic oxidation sites excluding steroid dienone is 6. The molecule has 0 amide bonds. The van der Waals surface area contributed by atoms with E-state index in [-0.39, 0.29) is 12.8 Å². The van der Waals surface area contributed by atoms with Crippen molar-refractivity contribution in [1.29, 1.82) is 0 Å². The second-order valence-electron chi connectivity index (χ2n) is 17.0. The number of esters is 2. The number of carbonyl (C=O) groups excluding carboxylic acids is 2. The average Bonchev–Trinajstić information content (AvgIpc) is 3.25. The van der Waals surface area contributed by atoms with Gasteiger partial charge in [0.2, 0.25) is 0 Å². The van der Waals surface area contributed by atoms with Gasteiger partial charge in [0, 0.05) is 12.8 Å². The molecule has 67 heavy (non-hydrogen) atoms. The summed E-state index contributed by atoms with van der Waals surface area (Å²) in [6.45, 7) is 2.90. The van der Waals surface area contributed by atoms with Gasteiger partial charge in [-0.1, -0.05) is 159 Å². The summed E-state index contributed by atoms with van der Waals surface area (Å²) in [5, 5.41) is 31.9. The molecule has 19 nitrogen and oxygen atoms in total. The van der Waals surface area contributed by atoms with Crippen molar-refractivity contribution in [1.82, 2.24) is 0 Å². The summed E-state index contributed by atoms with van der Waals surface area (Å²) < 4.78 is 65.4. The Balaban J connectivity index is 2.76. The van der Waals surface area contributed by atoms with Gasteiger partial charge in [-0.3, -0.25) is 27.7 Å². The van der Waals surface area contributed by atoms with Gasteiger partial charge in [0.05, 0.1) is 6.61 Å². The zero-order valence-electron chi connectivity index (χ0n) is 39.7. The molecule has 392 valence electrons. The summed E-state index contributed by atoms with van der Waals surface area (Å²) >= 11 is 0. The predicted octanol–water partition coefficient (Wildman–Crippen LogP) is 8.85. The fraction of sp³-hybridized carbons (Fsp3) is 0.822. The van der Waals surface area contributed by atoms with Crippen LogP contribution in [-0.4, -0.2) is 108 Å². The van der Waals surface area contributed by atoms with Crippen LogP contribution in [0.5, 0.6) is 0 Å². The van der Waals surface area contributed by atoms with Gasteiger partial charge in [0.25, 0.3) is 0 Å². The zero-order chi connectivity index (χ0) is 50.0. The number of hydrogen-bond donors (Lipinski definition) is 8. The smallest absolute Gasteiger partial charge is 0.462 e. The van der Waals surface area contributed by atoms with Gasteiger partial charge >= 0.3 is 35.4 Å². The molecule has 0 radical (unpaired) electrons. The molecule has 1 saturated carbocycles. The van der Waals surface area contributed by atoms with Gasteiger partial charge in [0.15, 0.2) is 6.10 Å². The van der Waals surface area contributed by atoms with Crippen molar-refractivity contribution in [2.24, 2.45) is 0 Å². The van der Waals surface area contributed by atoms with Crippen molar-refractivity contribution >= 4 is 35.4 Å². The van der Waals surface area contributed by atoms with E-state index in [0.29, 0.717) is 19.3 Å². The van der Waals surface area contributed by atoms with Crippen LogP contribution in [0.25, 0.3) is 0 Å². The third kappa shape index (κ3) is 33.6. The molecule has 1 rings (SSSR count). The summed E-state index contributed by atoms with van der Waals surface area (Å²) in [5.41, 5.74) is 0. The topological polar surface area (TPSA) is 303 Å². The molecular weight excluding hydrogens is 937 g/mol. The molecule has 1 aliphatic rings. The Morgan fingerprint density at radius 2 is 0.881 bits per heavy atom. The molecular formula is C45H83O19P3. The summed E-state index contributed by atoms with van der Waals surface area (Å²) in [5.74, 6) is -1.35. The Morgan fingerprint density at radius 1 is 0.478 bits per heavy atom. The number of ether oxygens (including phenoxy) is 2. The first-order valence-corrected chi connectivity index (χ1v) is 28.8. The first-order valence-electron chi connectivity index (χ1n) is 24.3. The van der Waals surface area contributed by atoms with Crippen molar-refractivity contribution in [2.45, 2.75) is 224 Å². The first kappa shape index (κ1) is 63.4. The summed E-state index contributed by atoms with van der Waals surface area (Å²) in [6.07, 6.45) is 21.7. The Kier molecular flexibility index (Phi) is 35.2. The fourth-order valence-electron chi connectivity index (χ4n) is 7.31. The van der Waals surface area contributed by atoms with Gasteiger partial charge in [0.1, 0.15) is 43.2 Å². The van der Waals surface area contributed by atoms with E-state index in [1.54, 1.807) is 0 Å². The van der Waals surface area contributed by atoms with Crippen LogP contribution < -0.4 is 0 Å². The molecule has 0 aromatic heterocycles. The van der Waals surface area contributed by atoms with Gasteiger partial charge in [-0.15, -0.1) is 0 Å². The van der Waals surface area contributed by atoms with E-state index >= 15 is 0 Å². The lowest BCUT2D eigenvalue weighted by molar-refractivity contribution is -0.213. The molecule has 0 aromatic carbocycles. The van der Waals surface area contributed by atoms with E-state index in [1.165, 1.54) is 89.9 Å². The van der Waals surface area contributed by atoms with Crippen molar-refractivity contribution in [3.05, 3.63) is 36.5 Å². The largest absolute Gasteiger partial charge is 0.472 e. The number of carbonyl (C=O) groups is 2. The number of aliphatic hydroxyl groups is 3. The average molecular weight is 1020 g/mol. The van der Waals surface area contributed by atoms with Gasteiger partial charge in [-0.2, -0.15) is 0 Å². The minimum atomic E-state index is -5.60. The Hall–Kier alpha value is -1.63. The number of unbranched alkanes of at least 4 members (excludes halogenated alkanes) is 19. The number of phosphoric acid groups is 3. The highest BCUT2D eigenvalue weighted by molar-refractivity contribution is 7.47. The van der Waals surface area contributed by atoms with Crippen LogP contribution in [0.1, 0.15) is 181 Å². The highest BCUT2D eigenvalue weighted by Gasteiger charge is 2.56. The monoisotopic (exact) mass is 1020 g/mol. The van der Waals surface area contributed by atoms with Crippen LogP contribution in [0.15, 0.2) is 36.5 Å². The van der Waals surface area contributed by atoms with E-state index < -0.39 is 91.3 Å². The third-order valence-electron chi connectivity index (χ3n) is 10.9. The van der Waals surface area contributed by atoms with E-state index in [1.807, 2.05) is 12.2 Å². The fourth-order valence-corrected chi connectivity index (χ4v) is 9.40. The van der Waals surface area contributed by atoms with Crippen LogP contribution in [0, 0.1) is 0 Å².